The molecule has 0 amide bonds. The van der Waals surface area contributed by atoms with Gasteiger partial charge in [0.05, 0.1) is 0 Å². The van der Waals surface area contributed by atoms with Crippen molar-refractivity contribution in [3.63, 3.8) is 0 Å². The van der Waals surface area contributed by atoms with E-state index in [1.54, 1.807) is 26.8 Å². The molecular weight excluding hydrogens is 499 g/mol. The van der Waals surface area contributed by atoms with Crippen LogP contribution in [0.1, 0.15) is 25.0 Å². The van der Waals surface area contributed by atoms with Crippen molar-refractivity contribution in [1.82, 2.24) is 0 Å². The zero-order valence-electron chi connectivity index (χ0n) is 23.1. The molecular formula is C32H37FO6. The number of carbonyl (C=O) groups is 2. The molecule has 3 aromatic carbocycles. The number of carbonyl (C=O) groups excluding carboxylic acids is 2. The van der Waals surface area contributed by atoms with Crippen molar-refractivity contribution in [2.24, 2.45) is 0 Å². The second-order valence-electron chi connectivity index (χ2n) is 8.41. The van der Waals surface area contributed by atoms with E-state index in [1.165, 1.54) is 6.07 Å². The number of aryl methyl sites for hydroxylation is 2. The summed E-state index contributed by atoms with van der Waals surface area (Å²) in [5.41, 5.74) is 2.48. The van der Waals surface area contributed by atoms with Crippen LogP contribution >= 0.6 is 0 Å². The van der Waals surface area contributed by atoms with Gasteiger partial charge in [-0.05, 0) is 69.2 Å². The lowest BCUT2D eigenvalue weighted by Gasteiger charge is -2.06. The van der Waals surface area contributed by atoms with E-state index in [0.717, 1.165) is 17.1 Å². The largest absolute Gasteiger partial charge is 0.490 e. The molecule has 0 heterocycles. The Labute approximate surface area is 230 Å². The van der Waals surface area contributed by atoms with Crippen LogP contribution in [-0.4, -0.2) is 38.4 Å². The van der Waals surface area contributed by atoms with Crippen molar-refractivity contribution < 1.29 is 32.9 Å². The average molecular weight is 537 g/mol. The first kappa shape index (κ1) is 32.6. The highest BCUT2D eigenvalue weighted by molar-refractivity contribution is 5.87. The molecule has 0 fully saturated rings. The molecule has 0 aromatic heterocycles. The van der Waals surface area contributed by atoms with E-state index in [2.05, 4.69) is 13.2 Å². The van der Waals surface area contributed by atoms with Crippen LogP contribution in [0.3, 0.4) is 0 Å². The SMILES string of the molecule is C=C(C)C(=O)OCCOc1ccccc1.C=C(C)C(=O)OCCOc1ccccc1.Cc1ccc(C)c(F)c1. The first-order chi connectivity index (χ1) is 18.6. The van der Waals surface area contributed by atoms with Crippen LogP contribution in [0.25, 0.3) is 0 Å². The maximum Gasteiger partial charge on any atom is 0.333 e. The fourth-order valence-corrected chi connectivity index (χ4v) is 2.57. The van der Waals surface area contributed by atoms with Gasteiger partial charge in [0.25, 0.3) is 0 Å². The standard InChI is InChI=1S/2C12H14O3.C8H9F/c2*1-10(2)12(13)15-9-8-14-11-6-4-3-5-7-11;1-6-3-4-7(2)8(9)5-6/h2*3-7H,1,8-9H2,2H3;3-5H,1-2H3. The number of ether oxygens (including phenoxy) is 4. The summed E-state index contributed by atoms with van der Waals surface area (Å²) in [5.74, 6) is 0.654. The van der Waals surface area contributed by atoms with Gasteiger partial charge in [-0.2, -0.15) is 0 Å². The third-order valence-electron chi connectivity index (χ3n) is 4.68. The number of esters is 2. The van der Waals surface area contributed by atoms with Crippen molar-refractivity contribution in [3.05, 3.63) is 120 Å². The van der Waals surface area contributed by atoms with E-state index >= 15 is 0 Å². The van der Waals surface area contributed by atoms with E-state index in [0.29, 0.717) is 29.9 Å². The average Bonchev–Trinajstić information content (AvgIpc) is 2.93. The summed E-state index contributed by atoms with van der Waals surface area (Å²) < 4.78 is 33.0. The maximum atomic E-state index is 12.6. The zero-order chi connectivity index (χ0) is 29.0. The highest BCUT2D eigenvalue weighted by atomic mass is 19.1. The monoisotopic (exact) mass is 536 g/mol. The number of rotatable bonds is 10. The summed E-state index contributed by atoms with van der Waals surface area (Å²) in [7, 11) is 0. The first-order valence-electron chi connectivity index (χ1n) is 12.3. The molecule has 0 N–H and O–H groups in total. The van der Waals surface area contributed by atoms with Gasteiger partial charge in [0, 0.05) is 11.1 Å². The van der Waals surface area contributed by atoms with Gasteiger partial charge in [-0.25, -0.2) is 14.0 Å². The molecule has 0 aliphatic carbocycles. The lowest BCUT2D eigenvalue weighted by atomic mass is 10.2. The Kier molecular flexibility index (Phi) is 15.7. The van der Waals surface area contributed by atoms with Crippen LogP contribution in [0.15, 0.2) is 103 Å². The summed E-state index contributed by atoms with van der Waals surface area (Å²) in [6.45, 7) is 15.0. The summed E-state index contributed by atoms with van der Waals surface area (Å²) in [5, 5.41) is 0. The van der Waals surface area contributed by atoms with Gasteiger partial charge in [-0.3, -0.25) is 0 Å². The van der Waals surface area contributed by atoms with Gasteiger partial charge >= 0.3 is 11.9 Å². The number of para-hydroxylation sites is 2. The van der Waals surface area contributed by atoms with Crippen LogP contribution in [0.4, 0.5) is 4.39 Å². The smallest absolute Gasteiger partial charge is 0.333 e. The number of halogens is 1. The third kappa shape index (κ3) is 15.5. The molecule has 0 unspecified atom stereocenters. The summed E-state index contributed by atoms with van der Waals surface area (Å²) in [6, 6.07) is 24.0. The van der Waals surface area contributed by atoms with Gasteiger partial charge in [0.2, 0.25) is 0 Å². The van der Waals surface area contributed by atoms with Gasteiger partial charge in [-0.15, -0.1) is 0 Å². The maximum absolute atomic E-state index is 12.6. The van der Waals surface area contributed by atoms with Crippen LogP contribution < -0.4 is 9.47 Å². The first-order valence-corrected chi connectivity index (χ1v) is 12.3. The zero-order valence-corrected chi connectivity index (χ0v) is 23.1. The van der Waals surface area contributed by atoms with Crippen LogP contribution in [0.2, 0.25) is 0 Å². The molecule has 6 nitrogen and oxygen atoms in total. The predicted molar refractivity (Wildman–Crippen MR) is 151 cm³/mol. The molecule has 7 heteroatoms. The third-order valence-corrected chi connectivity index (χ3v) is 4.68. The highest BCUT2D eigenvalue weighted by Crippen LogP contribution is 2.09. The minimum Gasteiger partial charge on any atom is -0.490 e. The number of hydrogen-bond acceptors (Lipinski definition) is 6. The Balaban J connectivity index is 0.000000302. The predicted octanol–water partition coefficient (Wildman–Crippen LogP) is 6.81. The van der Waals surface area contributed by atoms with Crippen molar-refractivity contribution >= 4 is 11.9 Å². The van der Waals surface area contributed by atoms with Crippen LogP contribution in [-0.2, 0) is 19.1 Å². The van der Waals surface area contributed by atoms with E-state index in [9.17, 15) is 14.0 Å². The molecule has 3 aromatic rings. The van der Waals surface area contributed by atoms with Crippen molar-refractivity contribution in [3.8, 4) is 11.5 Å². The fourth-order valence-electron chi connectivity index (χ4n) is 2.57. The van der Waals surface area contributed by atoms with Crippen molar-refractivity contribution in [2.45, 2.75) is 27.7 Å². The molecule has 0 aliphatic heterocycles. The quantitative estimate of drug-likeness (QED) is 0.161. The van der Waals surface area contributed by atoms with Gasteiger partial charge in [-0.1, -0.05) is 61.7 Å². The molecule has 0 aliphatic rings. The summed E-state index contributed by atoms with van der Waals surface area (Å²) >= 11 is 0. The molecule has 39 heavy (non-hydrogen) atoms. The van der Waals surface area contributed by atoms with Gasteiger partial charge < -0.3 is 18.9 Å². The Morgan fingerprint density at radius 1 is 0.667 bits per heavy atom. The van der Waals surface area contributed by atoms with Gasteiger partial charge in [0.1, 0.15) is 43.7 Å². The number of hydrogen-bond donors (Lipinski definition) is 0. The van der Waals surface area contributed by atoms with E-state index in [4.69, 9.17) is 18.9 Å². The minimum atomic E-state index is -0.383. The molecule has 0 saturated carbocycles. The lowest BCUT2D eigenvalue weighted by Crippen LogP contribution is -2.12. The minimum absolute atomic E-state index is 0.116. The normalized spacial score (nSPS) is 9.46. The second-order valence-corrected chi connectivity index (χ2v) is 8.41. The Morgan fingerprint density at radius 2 is 1.08 bits per heavy atom. The van der Waals surface area contributed by atoms with Gasteiger partial charge in [0.15, 0.2) is 0 Å². The molecule has 0 bridgehead atoms. The fraction of sp³-hybridized carbons (Fsp3) is 0.250. The molecule has 0 spiro atoms. The Hall–Kier alpha value is -4.39. The molecule has 0 saturated heterocycles. The summed E-state index contributed by atoms with van der Waals surface area (Å²) in [6.07, 6.45) is 0. The van der Waals surface area contributed by atoms with Crippen molar-refractivity contribution in [2.75, 3.05) is 26.4 Å². The summed E-state index contributed by atoms with van der Waals surface area (Å²) in [4.78, 5) is 22.0. The highest BCUT2D eigenvalue weighted by Gasteiger charge is 2.03. The molecule has 0 atom stereocenters. The van der Waals surface area contributed by atoms with E-state index < -0.39 is 0 Å². The Morgan fingerprint density at radius 3 is 1.41 bits per heavy atom. The van der Waals surface area contributed by atoms with Crippen molar-refractivity contribution in [1.29, 1.82) is 0 Å². The lowest BCUT2D eigenvalue weighted by molar-refractivity contribution is -0.140. The molecule has 208 valence electrons. The molecule has 3 rings (SSSR count). The number of benzene rings is 3. The van der Waals surface area contributed by atoms with Crippen LogP contribution in [0.5, 0.6) is 11.5 Å². The topological polar surface area (TPSA) is 71.1 Å². The van der Waals surface area contributed by atoms with E-state index in [1.807, 2.05) is 73.7 Å². The second kappa shape index (κ2) is 18.8. The van der Waals surface area contributed by atoms with Crippen LogP contribution in [0, 0.1) is 19.7 Å². The van der Waals surface area contributed by atoms with E-state index in [-0.39, 0.29) is 31.0 Å². The molecule has 0 radical (unpaired) electrons. The Bertz CT molecular complexity index is 1110.